The predicted octanol–water partition coefficient (Wildman–Crippen LogP) is 2.01. The first-order chi connectivity index (χ1) is 10.2. The topological polar surface area (TPSA) is 83.7 Å². The maximum absolute atomic E-state index is 11.5. The second-order valence-corrected chi connectivity index (χ2v) is 4.10. The van der Waals surface area contributed by atoms with Crippen LogP contribution >= 0.6 is 0 Å². The van der Waals surface area contributed by atoms with Gasteiger partial charge in [-0.3, -0.25) is 0 Å². The molecule has 7 nitrogen and oxygen atoms in total. The number of hydrogen-bond donors (Lipinski definition) is 0. The van der Waals surface area contributed by atoms with Crippen molar-refractivity contribution in [1.82, 2.24) is 10.1 Å². The van der Waals surface area contributed by atoms with Gasteiger partial charge in [0.1, 0.15) is 0 Å². The van der Waals surface area contributed by atoms with Gasteiger partial charge in [-0.2, -0.15) is 4.98 Å². The van der Waals surface area contributed by atoms with Gasteiger partial charge in [-0.25, -0.2) is 4.79 Å². The van der Waals surface area contributed by atoms with Crippen LogP contribution in [0.2, 0.25) is 0 Å². The smallest absolute Gasteiger partial charge is 0.337 e. The van der Waals surface area contributed by atoms with E-state index in [0.717, 1.165) is 0 Å². The van der Waals surface area contributed by atoms with Crippen molar-refractivity contribution in [1.29, 1.82) is 0 Å². The van der Waals surface area contributed by atoms with E-state index >= 15 is 0 Å². The summed E-state index contributed by atoms with van der Waals surface area (Å²) in [7, 11) is 2.81. The zero-order valence-corrected chi connectivity index (χ0v) is 12.1. The van der Waals surface area contributed by atoms with E-state index in [0.29, 0.717) is 35.2 Å². The molecule has 0 aliphatic carbocycles. The summed E-state index contributed by atoms with van der Waals surface area (Å²) >= 11 is 0. The lowest BCUT2D eigenvalue weighted by atomic mass is 10.2. The number of benzene rings is 1. The van der Waals surface area contributed by atoms with Crippen molar-refractivity contribution in [2.75, 3.05) is 14.2 Å². The SMILES string of the molecule is CCc1noc(COc2ccc(C(=O)OC)cc2OC)n1. The van der Waals surface area contributed by atoms with Gasteiger partial charge in [0, 0.05) is 6.42 Å². The van der Waals surface area contributed by atoms with E-state index in [1.54, 1.807) is 18.2 Å². The van der Waals surface area contributed by atoms with E-state index in [9.17, 15) is 4.79 Å². The van der Waals surface area contributed by atoms with Crippen molar-refractivity contribution in [3.63, 3.8) is 0 Å². The zero-order valence-electron chi connectivity index (χ0n) is 12.1. The summed E-state index contributed by atoms with van der Waals surface area (Å²) < 4.78 is 20.4. The monoisotopic (exact) mass is 292 g/mol. The minimum absolute atomic E-state index is 0.126. The van der Waals surface area contributed by atoms with E-state index in [4.69, 9.17) is 14.0 Å². The van der Waals surface area contributed by atoms with Gasteiger partial charge < -0.3 is 18.7 Å². The van der Waals surface area contributed by atoms with E-state index < -0.39 is 5.97 Å². The summed E-state index contributed by atoms with van der Waals surface area (Å²) in [5.74, 6) is 1.46. The molecular formula is C14H16N2O5. The number of hydrogen-bond acceptors (Lipinski definition) is 7. The van der Waals surface area contributed by atoms with Crippen LogP contribution in [0.15, 0.2) is 22.7 Å². The molecule has 1 heterocycles. The molecule has 21 heavy (non-hydrogen) atoms. The summed E-state index contributed by atoms with van der Waals surface area (Å²) in [6.07, 6.45) is 0.695. The van der Waals surface area contributed by atoms with Gasteiger partial charge in [0.2, 0.25) is 0 Å². The molecule has 1 aromatic heterocycles. The van der Waals surface area contributed by atoms with E-state index in [1.165, 1.54) is 14.2 Å². The fourth-order valence-corrected chi connectivity index (χ4v) is 1.66. The third kappa shape index (κ3) is 3.50. The standard InChI is InChI=1S/C14H16N2O5/c1-4-12-15-13(21-16-12)8-20-10-6-5-9(14(17)19-3)7-11(10)18-2/h5-7H,4,8H2,1-3H3. The number of esters is 1. The van der Waals surface area contributed by atoms with Crippen LogP contribution in [0.4, 0.5) is 0 Å². The molecule has 0 amide bonds. The molecule has 0 N–H and O–H groups in total. The molecular weight excluding hydrogens is 276 g/mol. The fraction of sp³-hybridized carbons (Fsp3) is 0.357. The number of rotatable bonds is 6. The number of methoxy groups -OCH3 is 2. The van der Waals surface area contributed by atoms with E-state index in [1.807, 2.05) is 6.92 Å². The van der Waals surface area contributed by atoms with Gasteiger partial charge in [0.25, 0.3) is 5.89 Å². The number of carbonyl (C=O) groups is 1. The molecule has 0 saturated carbocycles. The number of nitrogens with zero attached hydrogens (tertiary/aromatic N) is 2. The van der Waals surface area contributed by atoms with E-state index in [2.05, 4.69) is 14.9 Å². The van der Waals surface area contributed by atoms with Crippen LogP contribution in [0.1, 0.15) is 29.0 Å². The van der Waals surface area contributed by atoms with Crippen LogP contribution in [-0.4, -0.2) is 30.3 Å². The first-order valence-electron chi connectivity index (χ1n) is 6.38. The maximum atomic E-state index is 11.5. The second-order valence-electron chi connectivity index (χ2n) is 4.10. The van der Waals surface area contributed by atoms with Gasteiger partial charge in [-0.15, -0.1) is 0 Å². The molecule has 0 radical (unpaired) electrons. The Hall–Kier alpha value is -2.57. The largest absolute Gasteiger partial charge is 0.493 e. The van der Waals surface area contributed by atoms with Crippen LogP contribution in [0.25, 0.3) is 0 Å². The lowest BCUT2D eigenvalue weighted by Gasteiger charge is -2.10. The van der Waals surface area contributed by atoms with Gasteiger partial charge >= 0.3 is 5.97 Å². The summed E-state index contributed by atoms with van der Waals surface area (Å²) in [5.41, 5.74) is 0.382. The average Bonchev–Trinajstić information content (AvgIpc) is 3.00. The Morgan fingerprint density at radius 2 is 2.10 bits per heavy atom. The van der Waals surface area contributed by atoms with Crippen LogP contribution in [-0.2, 0) is 17.8 Å². The molecule has 2 aromatic rings. The lowest BCUT2D eigenvalue weighted by Crippen LogP contribution is -2.03. The molecule has 0 unspecified atom stereocenters. The minimum Gasteiger partial charge on any atom is -0.493 e. The number of aromatic nitrogens is 2. The van der Waals surface area contributed by atoms with Crippen LogP contribution in [0.5, 0.6) is 11.5 Å². The van der Waals surface area contributed by atoms with Crippen molar-refractivity contribution < 1.29 is 23.5 Å². The normalized spacial score (nSPS) is 10.2. The Balaban J connectivity index is 2.10. The Morgan fingerprint density at radius 3 is 2.71 bits per heavy atom. The molecule has 2 rings (SSSR count). The first kappa shape index (κ1) is 14.8. The number of ether oxygens (including phenoxy) is 3. The highest BCUT2D eigenvalue weighted by atomic mass is 16.5. The Morgan fingerprint density at radius 1 is 1.29 bits per heavy atom. The number of aryl methyl sites for hydroxylation is 1. The predicted molar refractivity (Wildman–Crippen MR) is 72.3 cm³/mol. The highest BCUT2D eigenvalue weighted by Gasteiger charge is 2.12. The van der Waals surface area contributed by atoms with Gasteiger partial charge in [0.05, 0.1) is 19.8 Å². The molecule has 0 spiro atoms. The first-order valence-corrected chi connectivity index (χ1v) is 6.38. The summed E-state index contributed by atoms with van der Waals surface area (Å²) in [6.45, 7) is 2.06. The van der Waals surface area contributed by atoms with Crippen molar-refractivity contribution in [3.05, 3.63) is 35.5 Å². The zero-order chi connectivity index (χ0) is 15.2. The molecule has 0 aliphatic heterocycles. The maximum Gasteiger partial charge on any atom is 0.337 e. The van der Waals surface area contributed by atoms with Crippen molar-refractivity contribution >= 4 is 5.97 Å². The Bertz CT molecular complexity index is 624. The van der Waals surface area contributed by atoms with Crippen LogP contribution in [0.3, 0.4) is 0 Å². The second kappa shape index (κ2) is 6.74. The summed E-state index contributed by atoms with van der Waals surface area (Å²) in [4.78, 5) is 15.6. The average molecular weight is 292 g/mol. The minimum atomic E-state index is -0.440. The van der Waals surface area contributed by atoms with Gasteiger partial charge in [0.15, 0.2) is 23.9 Å². The number of carbonyl (C=O) groups excluding carboxylic acids is 1. The highest BCUT2D eigenvalue weighted by Crippen LogP contribution is 2.29. The Labute approximate surface area is 121 Å². The lowest BCUT2D eigenvalue weighted by molar-refractivity contribution is 0.0600. The van der Waals surface area contributed by atoms with Gasteiger partial charge in [-0.05, 0) is 18.2 Å². The third-order valence-corrected chi connectivity index (χ3v) is 2.76. The molecule has 0 atom stereocenters. The quantitative estimate of drug-likeness (QED) is 0.753. The molecule has 0 saturated heterocycles. The fourth-order valence-electron chi connectivity index (χ4n) is 1.66. The third-order valence-electron chi connectivity index (χ3n) is 2.76. The summed E-state index contributed by atoms with van der Waals surface area (Å²) in [5, 5.41) is 3.78. The highest BCUT2D eigenvalue weighted by molar-refractivity contribution is 5.90. The van der Waals surface area contributed by atoms with Crippen molar-refractivity contribution in [2.24, 2.45) is 0 Å². The molecule has 0 fully saturated rings. The molecule has 7 heteroatoms. The molecule has 112 valence electrons. The van der Waals surface area contributed by atoms with E-state index in [-0.39, 0.29) is 6.61 Å². The van der Waals surface area contributed by atoms with Crippen LogP contribution in [0, 0.1) is 0 Å². The molecule has 0 bridgehead atoms. The van der Waals surface area contributed by atoms with Crippen molar-refractivity contribution in [2.45, 2.75) is 20.0 Å². The van der Waals surface area contributed by atoms with Gasteiger partial charge in [-0.1, -0.05) is 12.1 Å². The van der Waals surface area contributed by atoms with Crippen LogP contribution < -0.4 is 9.47 Å². The summed E-state index contributed by atoms with van der Waals surface area (Å²) in [6, 6.07) is 4.77. The molecule has 0 aliphatic rings. The molecule has 1 aromatic carbocycles. The van der Waals surface area contributed by atoms with Crippen molar-refractivity contribution in [3.8, 4) is 11.5 Å². The Kier molecular flexibility index (Phi) is 4.76.